The van der Waals surface area contributed by atoms with Crippen molar-refractivity contribution in [3.8, 4) is 17.2 Å². The predicted octanol–water partition coefficient (Wildman–Crippen LogP) is 4.68. The van der Waals surface area contributed by atoms with Crippen molar-refractivity contribution in [1.82, 2.24) is 5.32 Å². The predicted molar refractivity (Wildman–Crippen MR) is 185 cm³/mol. The number of benzene rings is 2. The van der Waals surface area contributed by atoms with Crippen LogP contribution in [-0.4, -0.2) is 84.0 Å². The van der Waals surface area contributed by atoms with Gasteiger partial charge in [0.05, 0.1) is 19.3 Å². The van der Waals surface area contributed by atoms with Crippen LogP contribution in [0.2, 0.25) is 0 Å². The van der Waals surface area contributed by atoms with E-state index in [4.69, 9.17) is 18.9 Å². The number of ether oxygens (including phenoxy) is 4. The Labute approximate surface area is 300 Å². The second-order valence-corrected chi connectivity index (χ2v) is 12.1. The molecule has 3 N–H and O–H groups in total. The highest BCUT2D eigenvalue weighted by Crippen LogP contribution is 2.37. The summed E-state index contributed by atoms with van der Waals surface area (Å²) in [5, 5.41) is 33.8. The number of allylic oxidation sites excluding steroid dienone is 2. The first-order valence-electron chi connectivity index (χ1n) is 16.7. The number of unbranched alkanes of at least 4 members (excludes halogenated alkanes) is 1. The number of para-hydroxylation sites is 1. The molecule has 1 saturated carbocycles. The summed E-state index contributed by atoms with van der Waals surface area (Å²) in [6.45, 7) is -0.264. The molecule has 1 fully saturated rings. The number of rotatable bonds is 20. The normalized spacial score (nSPS) is 19.5. The maximum Gasteiger partial charge on any atom is 0.333 e. The lowest BCUT2D eigenvalue weighted by molar-refractivity contribution is -0.482. The second kappa shape index (κ2) is 20.6. The number of aliphatic hydroxyl groups excluding tert-OH is 2. The summed E-state index contributed by atoms with van der Waals surface area (Å²) in [7, 11) is 1.35. The van der Waals surface area contributed by atoms with Crippen LogP contribution >= 0.6 is 0 Å². The third-order valence-corrected chi connectivity index (χ3v) is 8.06. The van der Waals surface area contributed by atoms with E-state index < -0.39 is 66.0 Å². The van der Waals surface area contributed by atoms with Crippen LogP contribution in [-0.2, 0) is 19.1 Å². The third kappa shape index (κ3) is 14.2. The van der Waals surface area contributed by atoms with Gasteiger partial charge in [-0.05, 0) is 74.1 Å². The monoisotopic (exact) mass is 730 g/mol. The summed E-state index contributed by atoms with van der Waals surface area (Å²) in [5.41, 5.74) is 0.497. The van der Waals surface area contributed by atoms with Gasteiger partial charge in [-0.3, -0.25) is 14.9 Å². The van der Waals surface area contributed by atoms with Crippen LogP contribution in [0.3, 0.4) is 0 Å². The van der Waals surface area contributed by atoms with Gasteiger partial charge < -0.3 is 34.5 Å². The Morgan fingerprint density at radius 2 is 1.85 bits per heavy atom. The van der Waals surface area contributed by atoms with E-state index in [1.807, 2.05) is 6.08 Å². The van der Waals surface area contributed by atoms with Gasteiger partial charge in [-0.25, -0.2) is 9.59 Å². The van der Waals surface area contributed by atoms with Crippen molar-refractivity contribution in [2.75, 3.05) is 26.9 Å². The zero-order valence-corrected chi connectivity index (χ0v) is 28.9. The highest BCUT2D eigenvalue weighted by molar-refractivity contribution is 5.87. The van der Waals surface area contributed by atoms with Gasteiger partial charge in [-0.2, -0.15) is 8.78 Å². The van der Waals surface area contributed by atoms with Crippen LogP contribution in [0.25, 0.3) is 6.08 Å². The Hall–Kier alpha value is -5.15. The van der Waals surface area contributed by atoms with Crippen LogP contribution in [0.15, 0.2) is 78.9 Å². The maximum atomic E-state index is 14.5. The number of hydrogen-bond donors (Lipinski definition) is 3. The molecule has 13 nitrogen and oxygen atoms in total. The molecule has 1 aliphatic rings. The molecule has 0 aromatic heterocycles. The van der Waals surface area contributed by atoms with Crippen molar-refractivity contribution < 1.29 is 57.2 Å². The van der Waals surface area contributed by atoms with E-state index in [9.17, 15) is 43.5 Å². The molecule has 0 aliphatic heterocycles. The topological polar surface area (TPSA) is 184 Å². The first kappa shape index (κ1) is 41.3. The molecule has 5 atom stereocenters. The van der Waals surface area contributed by atoms with Crippen LogP contribution in [0.1, 0.15) is 44.6 Å². The number of hydrogen-bond acceptors (Lipinski definition) is 11. The molecule has 282 valence electrons. The SMILES string of the molecule is COc1cc(/C=C/C(=O)OCC[N+](=O)[O-])ccc1OC(=O)C(C)NC(=O)CCC/C=C\C[C@@H]1[C@@H](/C=C/C(F)(F)COc2ccccc2)[C@H](O)C[C@@H]1O. The van der Waals surface area contributed by atoms with E-state index in [1.165, 1.54) is 44.4 Å². The Morgan fingerprint density at radius 3 is 2.56 bits per heavy atom. The van der Waals surface area contributed by atoms with Gasteiger partial charge in [0.1, 0.15) is 11.8 Å². The Morgan fingerprint density at radius 1 is 1.10 bits per heavy atom. The van der Waals surface area contributed by atoms with Crippen LogP contribution < -0.4 is 19.5 Å². The number of nitrogens with zero attached hydrogens (tertiary/aromatic N) is 1. The van der Waals surface area contributed by atoms with Crippen molar-refractivity contribution in [2.24, 2.45) is 11.8 Å². The summed E-state index contributed by atoms with van der Waals surface area (Å²) in [5.74, 6) is -5.74. The smallest absolute Gasteiger partial charge is 0.333 e. The van der Waals surface area contributed by atoms with E-state index in [-0.39, 0.29) is 36.9 Å². The van der Waals surface area contributed by atoms with Crippen molar-refractivity contribution >= 4 is 23.9 Å². The number of nitrogens with one attached hydrogen (secondary N) is 1. The average molecular weight is 731 g/mol. The fourth-order valence-electron chi connectivity index (χ4n) is 5.33. The fourth-order valence-corrected chi connectivity index (χ4v) is 5.33. The quantitative estimate of drug-likeness (QED) is 0.0327. The summed E-state index contributed by atoms with van der Waals surface area (Å²) in [6, 6.07) is 11.7. The summed E-state index contributed by atoms with van der Waals surface area (Å²) in [4.78, 5) is 46.5. The molecule has 0 radical (unpaired) electrons. The Balaban J connectivity index is 1.40. The first-order chi connectivity index (χ1) is 24.8. The van der Waals surface area contributed by atoms with Gasteiger partial charge in [-0.1, -0.05) is 42.5 Å². The Bertz CT molecular complexity index is 1580. The molecule has 0 saturated heterocycles. The average Bonchev–Trinajstić information content (AvgIpc) is 3.38. The van der Waals surface area contributed by atoms with Gasteiger partial charge >= 0.3 is 11.9 Å². The number of carbonyl (C=O) groups excluding carboxylic acids is 3. The molecule has 2 aromatic carbocycles. The highest BCUT2D eigenvalue weighted by Gasteiger charge is 2.40. The van der Waals surface area contributed by atoms with Crippen molar-refractivity contribution in [1.29, 1.82) is 0 Å². The van der Waals surface area contributed by atoms with E-state index in [0.717, 1.165) is 12.2 Å². The lowest BCUT2D eigenvalue weighted by Crippen LogP contribution is -2.40. The molecule has 15 heteroatoms. The number of carbonyl (C=O) groups is 3. The second-order valence-electron chi connectivity index (χ2n) is 12.1. The van der Waals surface area contributed by atoms with E-state index >= 15 is 0 Å². The van der Waals surface area contributed by atoms with Crippen molar-refractivity contribution in [2.45, 2.75) is 63.2 Å². The van der Waals surface area contributed by atoms with Crippen LogP contribution in [0, 0.1) is 22.0 Å². The number of methoxy groups -OCH3 is 1. The molecular weight excluding hydrogens is 686 g/mol. The molecule has 2 aromatic rings. The lowest BCUT2D eigenvalue weighted by atomic mass is 9.89. The number of aliphatic hydroxyl groups is 2. The Kier molecular flexibility index (Phi) is 16.4. The molecule has 1 amide bonds. The van der Waals surface area contributed by atoms with Crippen molar-refractivity contribution in [3.05, 3.63) is 94.6 Å². The van der Waals surface area contributed by atoms with Gasteiger partial charge in [0.2, 0.25) is 12.5 Å². The minimum atomic E-state index is -3.28. The zero-order chi connectivity index (χ0) is 38.1. The molecule has 1 unspecified atom stereocenters. The summed E-state index contributed by atoms with van der Waals surface area (Å²) < 4.78 is 49.5. The van der Waals surface area contributed by atoms with Gasteiger partial charge in [0.15, 0.2) is 24.7 Å². The summed E-state index contributed by atoms with van der Waals surface area (Å²) in [6.07, 6.45) is 7.70. The number of nitro groups is 1. The number of halogens is 2. The lowest BCUT2D eigenvalue weighted by Gasteiger charge is -2.20. The molecule has 0 spiro atoms. The largest absolute Gasteiger partial charge is 0.493 e. The van der Waals surface area contributed by atoms with E-state index in [1.54, 1.807) is 36.4 Å². The van der Waals surface area contributed by atoms with Crippen LogP contribution in [0.4, 0.5) is 8.78 Å². The maximum absolute atomic E-state index is 14.5. The first-order valence-corrected chi connectivity index (χ1v) is 16.7. The standard InChI is InChI=1S/C37H44F2N2O11/c1-25(36(46)52-32-16-14-26(22-33(32)49-2)15-17-35(45)50-21-20-41(47)48)40-34(44)13-9-4-3-8-12-28-29(31(43)23-30(28)42)18-19-37(38,39)24-51-27-10-6-5-7-11-27/h3,5-8,10-11,14-19,22,25,28-31,42-43H,4,9,12-13,20-21,23-24H2,1-2H3,(H,40,44)/b8-3-,17-15+,19-18+/t25?,28-,29-,30+,31-/m1/s1. The third-order valence-electron chi connectivity index (χ3n) is 8.06. The van der Waals surface area contributed by atoms with E-state index in [2.05, 4.69) is 5.32 Å². The fraction of sp³-hybridized carbons (Fsp3) is 0.432. The zero-order valence-electron chi connectivity index (χ0n) is 28.9. The molecule has 1 aliphatic carbocycles. The summed E-state index contributed by atoms with van der Waals surface area (Å²) >= 11 is 0. The molecule has 0 heterocycles. The highest BCUT2D eigenvalue weighted by atomic mass is 19.3. The number of alkyl halides is 2. The molecular formula is C37H44F2N2O11. The van der Waals surface area contributed by atoms with Crippen LogP contribution in [0.5, 0.6) is 17.2 Å². The molecule has 3 rings (SSSR count). The molecule has 0 bridgehead atoms. The number of amides is 1. The molecule has 52 heavy (non-hydrogen) atoms. The van der Waals surface area contributed by atoms with Gasteiger partial charge in [0.25, 0.3) is 5.92 Å². The minimum Gasteiger partial charge on any atom is -0.493 e. The van der Waals surface area contributed by atoms with Gasteiger partial charge in [-0.15, -0.1) is 0 Å². The number of esters is 2. The van der Waals surface area contributed by atoms with Crippen molar-refractivity contribution in [3.63, 3.8) is 0 Å². The van der Waals surface area contributed by atoms with E-state index in [0.29, 0.717) is 30.6 Å². The van der Waals surface area contributed by atoms with Gasteiger partial charge in [0, 0.05) is 29.8 Å². The minimum absolute atomic E-state index is 0.0740.